The number of hydrogen-bond acceptors (Lipinski definition) is 3. The number of rotatable bonds is 3. The molecule has 3 aliphatic carbocycles. The molecule has 3 heteroatoms. The van der Waals surface area contributed by atoms with Crippen LogP contribution in [0, 0.1) is 34.5 Å². The minimum atomic E-state index is -0.239. The van der Waals surface area contributed by atoms with Gasteiger partial charge in [0, 0.05) is 6.61 Å². The van der Waals surface area contributed by atoms with Crippen molar-refractivity contribution in [2.75, 3.05) is 13.2 Å². The van der Waals surface area contributed by atoms with Crippen molar-refractivity contribution < 1.29 is 10.2 Å². The quantitative estimate of drug-likeness (QED) is 0.700. The van der Waals surface area contributed by atoms with Gasteiger partial charge in [-0.05, 0) is 86.0 Å². The normalized spacial score (nSPS) is 50.8. The third-order valence-corrected chi connectivity index (χ3v) is 8.24. The highest BCUT2D eigenvalue weighted by molar-refractivity contribution is 5.20. The summed E-state index contributed by atoms with van der Waals surface area (Å²) in [7, 11) is 0. The molecule has 3 nitrogen and oxygen atoms in total. The Bertz CT molecular complexity index is 465. The first kappa shape index (κ1) is 17.4. The second-order valence-corrected chi connectivity index (χ2v) is 9.02. The Labute approximate surface area is 141 Å². The molecule has 0 aromatic rings. The van der Waals surface area contributed by atoms with E-state index in [4.69, 9.17) is 5.73 Å². The van der Waals surface area contributed by atoms with Crippen LogP contribution < -0.4 is 5.73 Å². The smallest absolute Gasteiger partial charge is 0.0544 e. The lowest BCUT2D eigenvalue weighted by atomic mass is 9.49. The Hall–Kier alpha value is -0.380. The number of hydrogen-bond donors (Lipinski definition) is 3. The second kappa shape index (κ2) is 6.16. The van der Waals surface area contributed by atoms with Crippen molar-refractivity contribution in [1.29, 1.82) is 0 Å². The van der Waals surface area contributed by atoms with E-state index in [1.165, 1.54) is 24.8 Å². The van der Waals surface area contributed by atoms with Crippen LogP contribution in [-0.4, -0.2) is 29.5 Å². The average Bonchev–Trinajstić information content (AvgIpc) is 2.84. The van der Waals surface area contributed by atoms with E-state index >= 15 is 0 Å². The topological polar surface area (TPSA) is 66.5 Å². The summed E-state index contributed by atoms with van der Waals surface area (Å²) in [5.74, 6) is 1.96. The largest absolute Gasteiger partial charge is 0.396 e. The monoisotopic (exact) mass is 321 g/mol. The molecule has 7 atom stereocenters. The first-order valence-corrected chi connectivity index (χ1v) is 9.54. The minimum Gasteiger partial charge on any atom is -0.396 e. The zero-order valence-corrected chi connectivity index (χ0v) is 14.9. The Balaban J connectivity index is 1.89. The van der Waals surface area contributed by atoms with Gasteiger partial charge in [-0.3, -0.25) is 0 Å². The van der Waals surface area contributed by atoms with Gasteiger partial charge in [-0.25, -0.2) is 0 Å². The number of nitrogens with two attached hydrogens (primary N) is 1. The molecule has 0 aliphatic heterocycles. The molecule has 0 saturated heterocycles. The standard InChI is InChI=1S/C20H35NO2/c1-13-4-5-17-16(11-21)18(7-9-19(13,17)2)20(3)8-6-15(23)10-14(20)12-22/h14-18,22-23H,1,4-12,21H2,2-3H3/t14-,15+,16+,17+,18?,19-,20+/m1/s1. The predicted octanol–water partition coefficient (Wildman–Crippen LogP) is 3.10. The molecular formula is C20H35NO2. The molecule has 3 fully saturated rings. The highest BCUT2D eigenvalue weighted by Crippen LogP contribution is 2.63. The summed E-state index contributed by atoms with van der Waals surface area (Å²) in [6, 6.07) is 0. The van der Waals surface area contributed by atoms with E-state index in [1.807, 2.05) is 0 Å². The molecule has 3 rings (SSSR count). The van der Waals surface area contributed by atoms with E-state index in [1.54, 1.807) is 0 Å². The van der Waals surface area contributed by atoms with Crippen molar-refractivity contribution in [3.8, 4) is 0 Å². The van der Waals surface area contributed by atoms with E-state index in [2.05, 4.69) is 20.4 Å². The van der Waals surface area contributed by atoms with Gasteiger partial charge < -0.3 is 15.9 Å². The number of aliphatic hydroxyl groups is 2. The van der Waals surface area contributed by atoms with Crippen LogP contribution in [0.3, 0.4) is 0 Å². The molecule has 3 aliphatic rings. The Morgan fingerprint density at radius 3 is 2.57 bits per heavy atom. The van der Waals surface area contributed by atoms with Gasteiger partial charge in [0.05, 0.1) is 6.10 Å². The van der Waals surface area contributed by atoms with Gasteiger partial charge in [-0.15, -0.1) is 0 Å². The van der Waals surface area contributed by atoms with Crippen LogP contribution in [0.25, 0.3) is 0 Å². The van der Waals surface area contributed by atoms with Crippen LogP contribution in [0.2, 0.25) is 0 Å². The van der Waals surface area contributed by atoms with Gasteiger partial charge in [-0.1, -0.05) is 26.0 Å². The van der Waals surface area contributed by atoms with E-state index in [0.717, 1.165) is 32.2 Å². The molecule has 0 bridgehead atoms. The lowest BCUT2D eigenvalue weighted by Gasteiger charge is -2.56. The summed E-state index contributed by atoms with van der Waals surface area (Å²) in [5, 5.41) is 20.0. The average molecular weight is 322 g/mol. The SMILES string of the molecule is C=C1CC[C@H]2[C@H](CN)C([C@@]3(C)CC[C@H](O)C[C@@H]3CO)CC[C@]12C. The maximum Gasteiger partial charge on any atom is 0.0544 e. The van der Waals surface area contributed by atoms with Crippen molar-refractivity contribution in [2.24, 2.45) is 40.2 Å². The van der Waals surface area contributed by atoms with Crippen molar-refractivity contribution in [2.45, 2.75) is 64.9 Å². The Morgan fingerprint density at radius 2 is 1.91 bits per heavy atom. The maximum absolute atomic E-state index is 10.0. The molecule has 0 aromatic carbocycles. The second-order valence-electron chi connectivity index (χ2n) is 9.02. The molecule has 23 heavy (non-hydrogen) atoms. The fraction of sp³-hybridized carbons (Fsp3) is 0.900. The number of fused-ring (bicyclic) bond motifs is 1. The zero-order chi connectivity index (χ0) is 16.8. The summed E-state index contributed by atoms with van der Waals surface area (Å²) >= 11 is 0. The number of allylic oxidation sites excluding steroid dienone is 1. The van der Waals surface area contributed by atoms with Gasteiger partial charge >= 0.3 is 0 Å². The maximum atomic E-state index is 10.0. The third-order valence-electron chi connectivity index (χ3n) is 8.24. The van der Waals surface area contributed by atoms with Crippen LogP contribution in [0.1, 0.15) is 58.8 Å². The van der Waals surface area contributed by atoms with E-state index < -0.39 is 0 Å². The van der Waals surface area contributed by atoms with Gasteiger partial charge in [0.15, 0.2) is 0 Å². The van der Waals surface area contributed by atoms with Crippen molar-refractivity contribution >= 4 is 0 Å². The van der Waals surface area contributed by atoms with Crippen LogP contribution >= 0.6 is 0 Å². The molecule has 0 heterocycles. The molecule has 132 valence electrons. The molecule has 0 aromatic heterocycles. The minimum absolute atomic E-state index is 0.114. The zero-order valence-electron chi connectivity index (χ0n) is 14.9. The lowest BCUT2D eigenvalue weighted by molar-refractivity contribution is -0.0916. The highest BCUT2D eigenvalue weighted by atomic mass is 16.3. The van der Waals surface area contributed by atoms with E-state index in [0.29, 0.717) is 17.8 Å². The van der Waals surface area contributed by atoms with Gasteiger partial charge in [0.1, 0.15) is 0 Å². The molecule has 0 radical (unpaired) electrons. The van der Waals surface area contributed by atoms with Gasteiger partial charge in [-0.2, -0.15) is 0 Å². The lowest BCUT2D eigenvalue weighted by Crippen LogP contribution is -2.52. The fourth-order valence-electron chi connectivity index (χ4n) is 6.51. The van der Waals surface area contributed by atoms with Crippen LogP contribution in [0.5, 0.6) is 0 Å². The fourth-order valence-corrected chi connectivity index (χ4v) is 6.51. The summed E-state index contributed by atoms with van der Waals surface area (Å²) in [5.41, 5.74) is 8.12. The highest BCUT2D eigenvalue weighted by Gasteiger charge is 2.56. The molecular weight excluding hydrogens is 286 g/mol. The van der Waals surface area contributed by atoms with Crippen molar-refractivity contribution in [3.05, 3.63) is 12.2 Å². The molecule has 0 amide bonds. The van der Waals surface area contributed by atoms with E-state index in [9.17, 15) is 10.2 Å². The van der Waals surface area contributed by atoms with Crippen LogP contribution in [-0.2, 0) is 0 Å². The molecule has 4 N–H and O–H groups in total. The molecule has 1 unspecified atom stereocenters. The summed E-state index contributed by atoms with van der Waals surface area (Å²) in [4.78, 5) is 0. The first-order chi connectivity index (χ1) is 10.9. The van der Waals surface area contributed by atoms with Crippen molar-refractivity contribution in [3.63, 3.8) is 0 Å². The van der Waals surface area contributed by atoms with Crippen LogP contribution in [0.4, 0.5) is 0 Å². The van der Waals surface area contributed by atoms with Gasteiger partial charge in [0.25, 0.3) is 0 Å². The molecule has 3 saturated carbocycles. The number of aliphatic hydroxyl groups excluding tert-OH is 2. The van der Waals surface area contributed by atoms with Gasteiger partial charge in [0.2, 0.25) is 0 Å². The third kappa shape index (κ3) is 2.60. The Morgan fingerprint density at radius 1 is 1.17 bits per heavy atom. The summed E-state index contributed by atoms with van der Waals surface area (Å²) in [6.07, 6.45) is 7.19. The van der Waals surface area contributed by atoms with Crippen molar-refractivity contribution in [1.82, 2.24) is 0 Å². The van der Waals surface area contributed by atoms with E-state index in [-0.39, 0.29) is 29.5 Å². The Kier molecular flexibility index (Phi) is 4.67. The molecule has 0 spiro atoms. The predicted molar refractivity (Wildman–Crippen MR) is 93.8 cm³/mol. The first-order valence-electron chi connectivity index (χ1n) is 9.54. The van der Waals surface area contributed by atoms with Crippen LogP contribution in [0.15, 0.2) is 12.2 Å². The summed E-state index contributed by atoms with van der Waals surface area (Å²) < 4.78 is 0. The summed E-state index contributed by atoms with van der Waals surface area (Å²) in [6.45, 7) is 10.1.